The Bertz CT molecular complexity index is 629. The first kappa shape index (κ1) is 14.6. The van der Waals surface area contributed by atoms with Crippen molar-refractivity contribution in [3.05, 3.63) is 65.7 Å². The van der Waals surface area contributed by atoms with Crippen molar-refractivity contribution in [1.82, 2.24) is 10.3 Å². The first-order valence-corrected chi connectivity index (χ1v) is 6.25. The van der Waals surface area contributed by atoms with Gasteiger partial charge in [-0.1, -0.05) is 30.3 Å². The topological polar surface area (TPSA) is 79.3 Å². The Hall–Kier alpha value is -2.76. The van der Waals surface area contributed by atoms with Gasteiger partial charge in [0.15, 0.2) is 0 Å². The third-order valence-corrected chi connectivity index (χ3v) is 2.88. The number of aromatic nitrogens is 1. The number of aliphatic carboxylic acids is 1. The normalized spacial score (nSPS) is 11.7. The number of carboxylic acids is 1. The fraction of sp³-hybridized carbons (Fsp3) is 0.133. The minimum atomic E-state index is -1.14. The molecule has 0 bridgehead atoms. The number of amides is 1. The fourth-order valence-corrected chi connectivity index (χ4v) is 1.80. The predicted molar refractivity (Wildman–Crippen MR) is 73.2 cm³/mol. The van der Waals surface area contributed by atoms with E-state index >= 15 is 0 Å². The Morgan fingerprint density at radius 2 is 1.90 bits per heavy atom. The summed E-state index contributed by atoms with van der Waals surface area (Å²) in [5.74, 6) is -2.45. The molecule has 6 heteroatoms. The van der Waals surface area contributed by atoms with E-state index in [-0.39, 0.29) is 12.0 Å². The summed E-state index contributed by atoms with van der Waals surface area (Å²) >= 11 is 0. The third-order valence-electron chi connectivity index (χ3n) is 2.88. The maximum atomic E-state index is 12.7. The van der Waals surface area contributed by atoms with Gasteiger partial charge in [0.05, 0.1) is 5.56 Å². The lowest BCUT2D eigenvalue weighted by Gasteiger charge is -2.14. The predicted octanol–water partition coefficient (Wildman–Crippen LogP) is 1.65. The van der Waals surface area contributed by atoms with Crippen LogP contribution >= 0.6 is 0 Å². The SMILES string of the molecule is O=C(NC(Cc1ccccc1)C(=O)O)c1ccc(F)nc1. The van der Waals surface area contributed by atoms with Crippen LogP contribution in [0.1, 0.15) is 15.9 Å². The van der Waals surface area contributed by atoms with Gasteiger partial charge in [0.1, 0.15) is 6.04 Å². The minimum Gasteiger partial charge on any atom is -0.480 e. The summed E-state index contributed by atoms with van der Waals surface area (Å²) in [5.41, 5.74) is 0.901. The average molecular weight is 288 g/mol. The van der Waals surface area contributed by atoms with Gasteiger partial charge in [0, 0.05) is 12.6 Å². The molecule has 0 aliphatic carbocycles. The minimum absolute atomic E-state index is 0.107. The van der Waals surface area contributed by atoms with Crippen LogP contribution in [0.2, 0.25) is 0 Å². The Morgan fingerprint density at radius 1 is 1.19 bits per heavy atom. The molecule has 2 N–H and O–H groups in total. The van der Waals surface area contributed by atoms with E-state index in [9.17, 15) is 19.1 Å². The number of rotatable bonds is 5. The summed E-state index contributed by atoms with van der Waals surface area (Å²) in [5, 5.41) is 11.6. The zero-order chi connectivity index (χ0) is 15.2. The molecule has 0 radical (unpaired) electrons. The molecule has 1 unspecified atom stereocenters. The number of carboxylic acid groups (broad SMARTS) is 1. The van der Waals surface area contributed by atoms with Gasteiger partial charge >= 0.3 is 5.97 Å². The number of hydrogen-bond acceptors (Lipinski definition) is 3. The zero-order valence-corrected chi connectivity index (χ0v) is 11.0. The highest BCUT2D eigenvalue weighted by molar-refractivity contribution is 5.96. The summed E-state index contributed by atoms with van der Waals surface area (Å²) < 4.78 is 12.7. The van der Waals surface area contributed by atoms with E-state index in [0.29, 0.717) is 0 Å². The van der Waals surface area contributed by atoms with Crippen molar-refractivity contribution in [2.24, 2.45) is 0 Å². The largest absolute Gasteiger partial charge is 0.480 e. The van der Waals surface area contributed by atoms with Crippen LogP contribution in [0, 0.1) is 5.95 Å². The number of carbonyl (C=O) groups excluding carboxylic acids is 1. The van der Waals surface area contributed by atoms with Crippen LogP contribution in [-0.4, -0.2) is 28.0 Å². The number of nitrogens with one attached hydrogen (secondary N) is 1. The molecule has 5 nitrogen and oxygen atoms in total. The second-order valence-corrected chi connectivity index (χ2v) is 4.42. The molecule has 0 spiro atoms. The molecular formula is C15H13FN2O3. The number of nitrogens with zero attached hydrogens (tertiary/aromatic N) is 1. The van der Waals surface area contributed by atoms with Crippen LogP contribution in [0.25, 0.3) is 0 Å². The third kappa shape index (κ3) is 4.10. The molecule has 1 amide bonds. The Kier molecular flexibility index (Phi) is 4.61. The maximum absolute atomic E-state index is 12.7. The van der Waals surface area contributed by atoms with Crippen molar-refractivity contribution >= 4 is 11.9 Å². The molecule has 2 rings (SSSR count). The van der Waals surface area contributed by atoms with Crippen LogP contribution in [0.4, 0.5) is 4.39 Å². The summed E-state index contributed by atoms with van der Waals surface area (Å²) in [6, 6.07) is 10.2. The maximum Gasteiger partial charge on any atom is 0.326 e. The van der Waals surface area contributed by atoms with Gasteiger partial charge in [0.2, 0.25) is 5.95 Å². The van der Waals surface area contributed by atoms with Gasteiger partial charge in [0.25, 0.3) is 5.91 Å². The van der Waals surface area contributed by atoms with Gasteiger partial charge in [-0.3, -0.25) is 4.79 Å². The quantitative estimate of drug-likeness (QED) is 0.820. The van der Waals surface area contributed by atoms with E-state index in [1.165, 1.54) is 6.07 Å². The average Bonchev–Trinajstić information content (AvgIpc) is 2.48. The van der Waals surface area contributed by atoms with Crippen LogP contribution in [0.3, 0.4) is 0 Å². The second kappa shape index (κ2) is 6.60. The number of carbonyl (C=O) groups is 2. The molecule has 108 valence electrons. The highest BCUT2D eigenvalue weighted by Gasteiger charge is 2.21. The van der Waals surface area contributed by atoms with E-state index < -0.39 is 23.9 Å². The van der Waals surface area contributed by atoms with Crippen molar-refractivity contribution in [1.29, 1.82) is 0 Å². The van der Waals surface area contributed by atoms with Crippen LogP contribution in [-0.2, 0) is 11.2 Å². The van der Waals surface area contributed by atoms with Gasteiger partial charge in [-0.15, -0.1) is 0 Å². The number of halogens is 1. The molecule has 1 heterocycles. The van der Waals surface area contributed by atoms with E-state index in [4.69, 9.17) is 0 Å². The number of hydrogen-bond donors (Lipinski definition) is 2. The van der Waals surface area contributed by atoms with Crippen LogP contribution < -0.4 is 5.32 Å². The van der Waals surface area contributed by atoms with Crippen molar-refractivity contribution in [3.63, 3.8) is 0 Å². The Morgan fingerprint density at radius 3 is 2.48 bits per heavy atom. The molecule has 0 fully saturated rings. The lowest BCUT2D eigenvalue weighted by Crippen LogP contribution is -2.42. The van der Waals surface area contributed by atoms with Gasteiger partial charge < -0.3 is 10.4 Å². The summed E-state index contributed by atoms with van der Waals surface area (Å²) in [7, 11) is 0. The molecule has 0 saturated carbocycles. The molecule has 0 aliphatic rings. The van der Waals surface area contributed by atoms with Crippen molar-refractivity contribution in [3.8, 4) is 0 Å². The molecule has 1 aromatic carbocycles. The van der Waals surface area contributed by atoms with Gasteiger partial charge in [-0.25, -0.2) is 9.78 Å². The van der Waals surface area contributed by atoms with E-state index in [1.54, 1.807) is 24.3 Å². The first-order valence-electron chi connectivity index (χ1n) is 6.25. The highest BCUT2D eigenvalue weighted by Crippen LogP contribution is 2.05. The summed E-state index contributed by atoms with van der Waals surface area (Å²) in [6.45, 7) is 0. The molecule has 2 aromatic rings. The van der Waals surface area contributed by atoms with Crippen LogP contribution in [0.15, 0.2) is 48.7 Å². The highest BCUT2D eigenvalue weighted by atomic mass is 19.1. The summed E-state index contributed by atoms with van der Waals surface area (Å²) in [6.07, 6.45) is 1.22. The zero-order valence-electron chi connectivity index (χ0n) is 11.0. The number of benzene rings is 1. The van der Waals surface area contributed by atoms with Gasteiger partial charge in [-0.05, 0) is 17.7 Å². The standard InChI is InChI=1S/C15H13FN2O3/c16-13-7-6-11(9-17-13)14(19)18-12(15(20)21)8-10-4-2-1-3-5-10/h1-7,9,12H,8H2,(H,18,19)(H,20,21). The van der Waals surface area contributed by atoms with E-state index in [1.807, 2.05) is 6.07 Å². The van der Waals surface area contributed by atoms with Crippen molar-refractivity contribution < 1.29 is 19.1 Å². The molecule has 1 aromatic heterocycles. The lowest BCUT2D eigenvalue weighted by atomic mass is 10.1. The first-order chi connectivity index (χ1) is 10.1. The molecular weight excluding hydrogens is 275 g/mol. The number of pyridine rings is 1. The molecule has 0 aliphatic heterocycles. The molecule has 1 atom stereocenters. The Labute approximate surface area is 120 Å². The van der Waals surface area contributed by atoms with E-state index in [2.05, 4.69) is 10.3 Å². The van der Waals surface area contributed by atoms with Crippen molar-refractivity contribution in [2.45, 2.75) is 12.5 Å². The second-order valence-electron chi connectivity index (χ2n) is 4.42. The van der Waals surface area contributed by atoms with Crippen molar-refractivity contribution in [2.75, 3.05) is 0 Å². The summed E-state index contributed by atoms with van der Waals surface area (Å²) in [4.78, 5) is 26.5. The van der Waals surface area contributed by atoms with Crippen LogP contribution in [0.5, 0.6) is 0 Å². The fourth-order valence-electron chi connectivity index (χ4n) is 1.80. The molecule has 21 heavy (non-hydrogen) atoms. The van der Waals surface area contributed by atoms with Gasteiger partial charge in [-0.2, -0.15) is 4.39 Å². The van der Waals surface area contributed by atoms with E-state index in [0.717, 1.165) is 17.8 Å². The smallest absolute Gasteiger partial charge is 0.326 e. The lowest BCUT2D eigenvalue weighted by molar-refractivity contribution is -0.139. The molecule has 0 saturated heterocycles. The monoisotopic (exact) mass is 288 g/mol. The Balaban J connectivity index is 2.07.